The first-order chi connectivity index (χ1) is 10.9. The van der Waals surface area contributed by atoms with Crippen LogP contribution in [0.2, 0.25) is 0 Å². The number of hydrogen-bond acceptors (Lipinski definition) is 2. The maximum Gasteiger partial charge on any atom is 0.160 e. The Balaban J connectivity index is 2.51. The molecule has 2 nitrogen and oxygen atoms in total. The van der Waals surface area contributed by atoms with E-state index in [0.29, 0.717) is 8.58 Å². The molecule has 2 aromatic rings. The van der Waals surface area contributed by atoms with Crippen molar-refractivity contribution >= 4 is 19.7 Å². The molecule has 0 saturated heterocycles. The number of hydrogen-bond donors (Lipinski definition) is 0. The third-order valence-corrected chi connectivity index (χ3v) is 6.25. The molecule has 2 rings (SSSR count). The van der Waals surface area contributed by atoms with Gasteiger partial charge in [0.05, 0.1) is 7.11 Å². The molecule has 23 heavy (non-hydrogen) atoms. The summed E-state index contributed by atoms with van der Waals surface area (Å²) < 4.78 is 5.60. The summed E-state index contributed by atoms with van der Waals surface area (Å²) in [7, 11) is 2.23. The van der Waals surface area contributed by atoms with Crippen molar-refractivity contribution in [3.05, 3.63) is 59.2 Å². The van der Waals surface area contributed by atoms with Crippen LogP contribution >= 0.6 is 8.58 Å². The molecule has 0 aliphatic carbocycles. The zero-order chi connectivity index (χ0) is 17.0. The second-order valence-corrected chi connectivity index (χ2v) is 8.01. The Morgan fingerprint density at radius 1 is 1.22 bits per heavy atom. The molecular formula is C20H25O2P. The first-order valence-corrected chi connectivity index (χ1v) is 8.94. The molecular weight excluding hydrogens is 303 g/mol. The van der Waals surface area contributed by atoms with Gasteiger partial charge in [-0.15, -0.1) is 0 Å². The van der Waals surface area contributed by atoms with Crippen LogP contribution in [0.4, 0.5) is 0 Å². The molecule has 0 radical (unpaired) electrons. The van der Waals surface area contributed by atoms with Crippen LogP contribution in [0.1, 0.15) is 48.7 Å². The van der Waals surface area contributed by atoms with Crippen LogP contribution in [0.15, 0.2) is 42.5 Å². The van der Waals surface area contributed by atoms with Gasteiger partial charge in [-0.2, -0.15) is 0 Å². The lowest BCUT2D eigenvalue weighted by Crippen LogP contribution is -2.21. The van der Waals surface area contributed by atoms with Crippen LogP contribution in [0.25, 0.3) is 0 Å². The fourth-order valence-corrected chi connectivity index (χ4v) is 4.47. The van der Waals surface area contributed by atoms with E-state index in [1.54, 1.807) is 14.0 Å². The fraction of sp³-hybridized carbons (Fsp3) is 0.350. The summed E-state index contributed by atoms with van der Waals surface area (Å²) in [5, 5.41) is 1.08. The van der Waals surface area contributed by atoms with E-state index < -0.39 is 0 Å². The van der Waals surface area contributed by atoms with Gasteiger partial charge in [0.2, 0.25) is 0 Å². The van der Waals surface area contributed by atoms with Gasteiger partial charge < -0.3 is 4.74 Å². The van der Waals surface area contributed by atoms with Crippen molar-refractivity contribution in [2.24, 2.45) is 0 Å². The average molecular weight is 328 g/mol. The third kappa shape index (κ3) is 3.82. The molecule has 122 valence electrons. The smallest absolute Gasteiger partial charge is 0.160 e. The van der Waals surface area contributed by atoms with E-state index in [0.717, 1.165) is 23.0 Å². The molecule has 2 aromatic carbocycles. The summed E-state index contributed by atoms with van der Waals surface area (Å²) in [5.74, 6) is 1.05. The summed E-state index contributed by atoms with van der Waals surface area (Å²) in [4.78, 5) is 11.9. The zero-order valence-electron chi connectivity index (χ0n) is 14.6. The van der Waals surface area contributed by atoms with Gasteiger partial charge in [-0.05, 0) is 31.6 Å². The summed E-state index contributed by atoms with van der Waals surface area (Å²) >= 11 is 0. The van der Waals surface area contributed by atoms with Crippen molar-refractivity contribution in [1.82, 2.24) is 0 Å². The van der Waals surface area contributed by atoms with Crippen molar-refractivity contribution in [3.8, 4) is 5.75 Å². The van der Waals surface area contributed by atoms with E-state index in [1.807, 2.05) is 24.3 Å². The maximum atomic E-state index is 11.9. The molecule has 0 bridgehead atoms. The van der Waals surface area contributed by atoms with Crippen LogP contribution in [0.3, 0.4) is 0 Å². The summed E-state index contributed by atoms with van der Waals surface area (Å²) in [6.07, 6.45) is 0.984. The molecule has 0 heterocycles. The molecule has 0 amide bonds. The minimum atomic E-state index is -0.0527. The number of methoxy groups -OCH3 is 1. The number of benzene rings is 2. The Morgan fingerprint density at radius 3 is 2.52 bits per heavy atom. The van der Waals surface area contributed by atoms with E-state index in [2.05, 4.69) is 39.0 Å². The van der Waals surface area contributed by atoms with Crippen molar-refractivity contribution in [1.29, 1.82) is 0 Å². The average Bonchev–Trinajstić information content (AvgIpc) is 2.55. The molecule has 0 N–H and O–H groups in total. The van der Waals surface area contributed by atoms with Gasteiger partial charge in [0.25, 0.3) is 0 Å². The number of carbonyl (C=O) groups excluding carboxylic acids is 1. The number of Topliss-reactive ketones (excluding diaryl/α,β-unsaturated/α-hetero) is 1. The Kier molecular flexibility index (Phi) is 5.59. The van der Waals surface area contributed by atoms with Crippen LogP contribution in [-0.2, 0) is 5.16 Å². The van der Waals surface area contributed by atoms with E-state index in [9.17, 15) is 4.79 Å². The van der Waals surface area contributed by atoms with E-state index in [-0.39, 0.29) is 10.9 Å². The van der Waals surface area contributed by atoms with Crippen LogP contribution in [0.5, 0.6) is 5.75 Å². The minimum absolute atomic E-state index is 0.0527. The molecule has 0 aliphatic rings. The van der Waals surface area contributed by atoms with Gasteiger partial charge in [0, 0.05) is 16.3 Å². The first kappa shape index (κ1) is 17.7. The van der Waals surface area contributed by atoms with Crippen LogP contribution in [-0.4, -0.2) is 12.9 Å². The molecule has 2 unspecified atom stereocenters. The fourth-order valence-electron chi connectivity index (χ4n) is 2.80. The van der Waals surface area contributed by atoms with E-state index in [1.165, 1.54) is 11.1 Å². The Morgan fingerprint density at radius 2 is 1.91 bits per heavy atom. The van der Waals surface area contributed by atoms with Gasteiger partial charge in [0.15, 0.2) is 5.78 Å². The summed E-state index contributed by atoms with van der Waals surface area (Å²) in [6, 6.07) is 14.3. The Bertz CT molecular complexity index is 709. The predicted molar refractivity (Wildman–Crippen MR) is 99.8 cm³/mol. The lowest BCUT2D eigenvalue weighted by atomic mass is 9.95. The van der Waals surface area contributed by atoms with E-state index in [4.69, 9.17) is 4.74 Å². The molecule has 0 saturated carbocycles. The maximum absolute atomic E-state index is 11.9. The monoisotopic (exact) mass is 328 g/mol. The van der Waals surface area contributed by atoms with Crippen LogP contribution < -0.4 is 10.0 Å². The van der Waals surface area contributed by atoms with Gasteiger partial charge >= 0.3 is 0 Å². The van der Waals surface area contributed by atoms with Gasteiger partial charge in [-0.25, -0.2) is 0 Å². The lowest BCUT2D eigenvalue weighted by molar-refractivity contribution is 0.101. The highest BCUT2D eigenvalue weighted by atomic mass is 31.1. The standard InChI is InChI=1S/C20H25O2P/c1-6-20(4,17-13-14(2)11-12-18(17)22-5)23-19-10-8-7-9-16(19)15(3)21/h7-13,23H,6H2,1-5H3. The Labute approximate surface area is 141 Å². The topological polar surface area (TPSA) is 26.3 Å². The highest BCUT2D eigenvalue weighted by Crippen LogP contribution is 2.47. The number of ketones is 1. The minimum Gasteiger partial charge on any atom is -0.496 e. The highest BCUT2D eigenvalue weighted by Gasteiger charge is 2.29. The predicted octanol–water partition coefficient (Wildman–Crippen LogP) is 4.84. The molecule has 0 aliphatic heterocycles. The molecule has 2 atom stereocenters. The van der Waals surface area contributed by atoms with Gasteiger partial charge in [0.1, 0.15) is 5.75 Å². The second-order valence-electron chi connectivity index (χ2n) is 6.12. The molecule has 0 fully saturated rings. The van der Waals surface area contributed by atoms with Crippen LogP contribution in [0, 0.1) is 6.92 Å². The zero-order valence-corrected chi connectivity index (χ0v) is 15.6. The van der Waals surface area contributed by atoms with Crippen molar-refractivity contribution in [2.45, 2.75) is 39.3 Å². The molecule has 0 aromatic heterocycles. The highest BCUT2D eigenvalue weighted by molar-refractivity contribution is 7.48. The van der Waals surface area contributed by atoms with Crippen molar-refractivity contribution in [2.75, 3.05) is 7.11 Å². The summed E-state index contributed by atoms with van der Waals surface area (Å²) in [6.45, 7) is 8.20. The molecule has 0 spiro atoms. The number of ether oxygens (including phenoxy) is 1. The largest absolute Gasteiger partial charge is 0.496 e. The van der Waals surface area contributed by atoms with Crippen molar-refractivity contribution in [3.63, 3.8) is 0 Å². The third-order valence-electron chi connectivity index (χ3n) is 4.37. The number of rotatable bonds is 6. The first-order valence-electron chi connectivity index (χ1n) is 7.94. The summed E-state index contributed by atoms with van der Waals surface area (Å²) in [5.41, 5.74) is 3.28. The number of carbonyl (C=O) groups is 1. The second kappa shape index (κ2) is 7.27. The van der Waals surface area contributed by atoms with Gasteiger partial charge in [-0.3, -0.25) is 4.79 Å². The SMILES string of the molecule is CCC(C)(Pc1ccccc1C(C)=O)c1cc(C)ccc1OC. The van der Waals surface area contributed by atoms with Crippen molar-refractivity contribution < 1.29 is 9.53 Å². The Hall–Kier alpha value is -1.66. The quantitative estimate of drug-likeness (QED) is 0.560. The molecule has 3 heteroatoms. The van der Waals surface area contributed by atoms with Gasteiger partial charge in [-0.1, -0.05) is 64.4 Å². The lowest BCUT2D eigenvalue weighted by Gasteiger charge is -2.31. The normalized spacial score (nSPS) is 14.0. The van der Waals surface area contributed by atoms with E-state index >= 15 is 0 Å². The number of aryl methyl sites for hydroxylation is 1.